The maximum atomic E-state index is 5.43. The van der Waals surface area contributed by atoms with Gasteiger partial charge in [-0.15, -0.1) is 5.10 Å². The number of thioether (sulfide) groups is 1. The largest absolute Gasteiger partial charge is 0.368 e. The van der Waals surface area contributed by atoms with Crippen LogP contribution in [0.3, 0.4) is 0 Å². The van der Waals surface area contributed by atoms with Gasteiger partial charge < -0.3 is 10.6 Å². The average molecular weight is 213 g/mol. The molecule has 6 heteroatoms. The van der Waals surface area contributed by atoms with Crippen molar-refractivity contribution in [3.05, 3.63) is 0 Å². The number of H-pyrrole nitrogens is 1. The van der Waals surface area contributed by atoms with Gasteiger partial charge in [-0.2, -0.15) is 4.98 Å². The molecule has 1 unspecified atom stereocenters. The Morgan fingerprint density at radius 3 is 3.14 bits per heavy atom. The van der Waals surface area contributed by atoms with Crippen LogP contribution in [-0.2, 0) is 0 Å². The number of anilines is 1. The van der Waals surface area contributed by atoms with Gasteiger partial charge in [-0.3, -0.25) is 0 Å². The lowest BCUT2D eigenvalue weighted by molar-refractivity contribution is 0.403. The molecule has 0 aliphatic carbocycles. The summed E-state index contributed by atoms with van der Waals surface area (Å²) in [6.07, 6.45) is 1.28. The SMILES string of the molecule is CN1CCC(CSc2n[nH]c(N)n2)C1. The van der Waals surface area contributed by atoms with Crippen LogP contribution in [-0.4, -0.2) is 46.0 Å². The first-order valence-corrected chi connectivity index (χ1v) is 5.72. The fourth-order valence-corrected chi connectivity index (χ4v) is 2.61. The molecule has 0 radical (unpaired) electrons. The third kappa shape index (κ3) is 2.39. The molecular weight excluding hydrogens is 198 g/mol. The molecule has 1 atom stereocenters. The van der Waals surface area contributed by atoms with Crippen molar-refractivity contribution in [1.29, 1.82) is 0 Å². The van der Waals surface area contributed by atoms with Gasteiger partial charge in [-0.25, -0.2) is 5.10 Å². The molecule has 1 fully saturated rings. The van der Waals surface area contributed by atoms with Gasteiger partial charge in [0.25, 0.3) is 0 Å². The van der Waals surface area contributed by atoms with Gasteiger partial charge in [0, 0.05) is 12.3 Å². The minimum absolute atomic E-state index is 0.399. The molecule has 78 valence electrons. The highest BCUT2D eigenvalue weighted by molar-refractivity contribution is 7.99. The van der Waals surface area contributed by atoms with E-state index in [2.05, 4.69) is 27.1 Å². The smallest absolute Gasteiger partial charge is 0.216 e. The maximum Gasteiger partial charge on any atom is 0.216 e. The summed E-state index contributed by atoms with van der Waals surface area (Å²) in [7, 11) is 2.16. The zero-order valence-corrected chi connectivity index (χ0v) is 9.05. The Morgan fingerprint density at radius 2 is 2.57 bits per heavy atom. The highest BCUT2D eigenvalue weighted by Gasteiger charge is 2.19. The van der Waals surface area contributed by atoms with E-state index in [4.69, 9.17) is 5.73 Å². The van der Waals surface area contributed by atoms with Crippen LogP contribution in [0.2, 0.25) is 0 Å². The average Bonchev–Trinajstić information content (AvgIpc) is 2.72. The second kappa shape index (κ2) is 4.18. The van der Waals surface area contributed by atoms with Crippen LogP contribution < -0.4 is 5.73 Å². The number of nitrogens with one attached hydrogen (secondary N) is 1. The van der Waals surface area contributed by atoms with Gasteiger partial charge in [0.15, 0.2) is 0 Å². The first-order valence-electron chi connectivity index (χ1n) is 4.73. The van der Waals surface area contributed by atoms with Crippen LogP contribution in [0.25, 0.3) is 0 Å². The van der Waals surface area contributed by atoms with Crippen molar-refractivity contribution in [3.8, 4) is 0 Å². The van der Waals surface area contributed by atoms with E-state index in [1.807, 2.05) is 0 Å². The summed E-state index contributed by atoms with van der Waals surface area (Å²) < 4.78 is 0. The van der Waals surface area contributed by atoms with Crippen LogP contribution >= 0.6 is 11.8 Å². The second-order valence-corrected chi connectivity index (χ2v) is 4.72. The summed E-state index contributed by atoms with van der Waals surface area (Å²) in [6, 6.07) is 0. The molecular formula is C8H15N5S. The molecule has 0 amide bonds. The van der Waals surface area contributed by atoms with E-state index in [1.165, 1.54) is 19.5 Å². The monoisotopic (exact) mass is 213 g/mol. The minimum Gasteiger partial charge on any atom is -0.368 e. The highest BCUT2D eigenvalue weighted by Crippen LogP contribution is 2.22. The number of hydrogen-bond acceptors (Lipinski definition) is 5. The summed E-state index contributed by atoms with van der Waals surface area (Å²) in [5.41, 5.74) is 5.43. The Labute approximate surface area is 87.5 Å². The van der Waals surface area contributed by atoms with Crippen LogP contribution in [0.15, 0.2) is 5.16 Å². The van der Waals surface area contributed by atoms with Gasteiger partial charge in [-0.05, 0) is 25.9 Å². The minimum atomic E-state index is 0.399. The molecule has 3 N–H and O–H groups in total. The Morgan fingerprint density at radius 1 is 1.71 bits per heavy atom. The predicted octanol–water partition coefficient (Wildman–Crippen LogP) is 0.431. The van der Waals surface area contributed by atoms with Crippen LogP contribution in [0.5, 0.6) is 0 Å². The molecule has 1 aliphatic rings. The Hall–Kier alpha value is -0.750. The van der Waals surface area contributed by atoms with Gasteiger partial charge >= 0.3 is 0 Å². The van der Waals surface area contributed by atoms with E-state index in [0.717, 1.165) is 16.8 Å². The molecule has 0 aromatic carbocycles. The Bertz CT molecular complexity index is 300. The number of nitrogens with two attached hydrogens (primary N) is 1. The first-order chi connectivity index (χ1) is 6.74. The van der Waals surface area contributed by atoms with E-state index < -0.39 is 0 Å². The molecule has 0 bridgehead atoms. The molecule has 2 heterocycles. The normalized spacial score (nSPS) is 23.1. The standard InChI is InChI=1S/C8H15N5S/c1-13-3-2-6(4-13)5-14-8-10-7(9)11-12-8/h6H,2-5H2,1H3,(H3,9,10,11,12). The van der Waals surface area contributed by atoms with Crippen LogP contribution in [0.1, 0.15) is 6.42 Å². The summed E-state index contributed by atoms with van der Waals surface area (Å²) in [5.74, 6) is 2.25. The maximum absolute atomic E-state index is 5.43. The molecule has 1 aromatic rings. The molecule has 0 spiro atoms. The number of nitrogen functional groups attached to an aromatic ring is 1. The quantitative estimate of drug-likeness (QED) is 0.713. The predicted molar refractivity (Wildman–Crippen MR) is 57.1 cm³/mol. The summed E-state index contributed by atoms with van der Waals surface area (Å²) in [6.45, 7) is 2.40. The van der Waals surface area contributed by atoms with Crippen LogP contribution in [0.4, 0.5) is 5.95 Å². The molecule has 14 heavy (non-hydrogen) atoms. The van der Waals surface area contributed by atoms with Crippen LogP contribution in [0, 0.1) is 5.92 Å². The number of aromatic amines is 1. The van der Waals surface area contributed by atoms with Crippen molar-refractivity contribution in [2.75, 3.05) is 31.6 Å². The van der Waals surface area contributed by atoms with Gasteiger partial charge in [0.2, 0.25) is 11.1 Å². The third-order valence-corrected chi connectivity index (χ3v) is 3.50. The van der Waals surface area contributed by atoms with E-state index >= 15 is 0 Å². The van der Waals surface area contributed by atoms with Crippen molar-refractivity contribution in [2.45, 2.75) is 11.6 Å². The third-order valence-electron chi connectivity index (χ3n) is 2.42. The molecule has 2 rings (SSSR count). The number of aromatic nitrogens is 3. The summed E-state index contributed by atoms with van der Waals surface area (Å²) >= 11 is 1.68. The second-order valence-electron chi connectivity index (χ2n) is 3.73. The molecule has 5 nitrogen and oxygen atoms in total. The zero-order chi connectivity index (χ0) is 9.97. The lowest BCUT2D eigenvalue weighted by atomic mass is 10.2. The Kier molecular flexibility index (Phi) is 2.93. The van der Waals surface area contributed by atoms with E-state index in [0.29, 0.717) is 5.95 Å². The van der Waals surface area contributed by atoms with Crippen molar-refractivity contribution in [3.63, 3.8) is 0 Å². The zero-order valence-electron chi connectivity index (χ0n) is 8.23. The van der Waals surface area contributed by atoms with Gasteiger partial charge in [0.05, 0.1) is 0 Å². The Balaban J connectivity index is 1.77. The first kappa shape index (κ1) is 9.79. The molecule has 1 saturated heterocycles. The van der Waals surface area contributed by atoms with Crippen molar-refractivity contribution < 1.29 is 0 Å². The van der Waals surface area contributed by atoms with Crippen molar-refractivity contribution in [1.82, 2.24) is 20.1 Å². The van der Waals surface area contributed by atoms with E-state index in [9.17, 15) is 0 Å². The number of hydrogen-bond donors (Lipinski definition) is 2. The van der Waals surface area contributed by atoms with Crippen molar-refractivity contribution >= 4 is 17.7 Å². The topological polar surface area (TPSA) is 70.8 Å². The molecule has 1 aromatic heterocycles. The number of rotatable bonds is 3. The lowest BCUT2D eigenvalue weighted by Crippen LogP contribution is -2.14. The van der Waals surface area contributed by atoms with Gasteiger partial charge in [0.1, 0.15) is 0 Å². The molecule has 0 saturated carbocycles. The summed E-state index contributed by atoms with van der Waals surface area (Å²) in [5, 5.41) is 7.38. The van der Waals surface area contributed by atoms with Crippen molar-refractivity contribution in [2.24, 2.45) is 5.92 Å². The lowest BCUT2D eigenvalue weighted by Gasteiger charge is -2.07. The number of nitrogens with zero attached hydrogens (tertiary/aromatic N) is 3. The van der Waals surface area contributed by atoms with E-state index in [1.54, 1.807) is 11.8 Å². The fraction of sp³-hybridized carbons (Fsp3) is 0.750. The number of likely N-dealkylation sites (tertiary alicyclic amines) is 1. The van der Waals surface area contributed by atoms with Gasteiger partial charge in [-0.1, -0.05) is 11.8 Å². The summed E-state index contributed by atoms with van der Waals surface area (Å²) in [4.78, 5) is 6.41. The van der Waals surface area contributed by atoms with E-state index in [-0.39, 0.29) is 0 Å². The fourth-order valence-electron chi connectivity index (χ4n) is 1.68. The molecule has 1 aliphatic heterocycles. The highest BCUT2D eigenvalue weighted by atomic mass is 32.2.